The van der Waals surface area contributed by atoms with Crippen molar-refractivity contribution in [3.8, 4) is 11.1 Å². The van der Waals surface area contributed by atoms with Crippen molar-refractivity contribution < 1.29 is 0 Å². The summed E-state index contributed by atoms with van der Waals surface area (Å²) in [6.07, 6.45) is 27.8. The van der Waals surface area contributed by atoms with E-state index in [-0.39, 0.29) is 12.0 Å². The maximum atomic E-state index is 8.96. The Morgan fingerprint density at radius 1 is 0.667 bits per heavy atom. The molecule has 5 heteroatoms. The number of para-hydroxylation sites is 3. The van der Waals surface area contributed by atoms with E-state index in [0.717, 1.165) is 30.5 Å². The van der Waals surface area contributed by atoms with Crippen LogP contribution in [0.2, 0.25) is 0 Å². The van der Waals surface area contributed by atoms with Gasteiger partial charge in [-0.1, -0.05) is 152 Å². The highest BCUT2D eigenvalue weighted by atomic mass is 15.2. The maximum absolute atomic E-state index is 8.96. The van der Waals surface area contributed by atoms with Crippen molar-refractivity contribution in [2.75, 3.05) is 4.90 Å². The van der Waals surface area contributed by atoms with Crippen molar-refractivity contribution in [2.45, 2.75) is 43.9 Å². The number of rotatable bonds is 9. The normalized spacial score (nSPS) is 19.2. The molecule has 3 atom stereocenters. The first kappa shape index (κ1) is 37.2. The molecule has 0 amide bonds. The van der Waals surface area contributed by atoms with Crippen molar-refractivity contribution in [1.82, 2.24) is 14.5 Å². The molecular weight excluding hydrogens is 767 g/mol. The standard InChI is InChI=1S/C58H47N5/c59-51(39-16-4-1-5-17-39)37-52(40-18-6-2-7-19-40)60-38-61-53-25-13-10-22-45(53)48-34-41(28-31-54(48)61)42-29-32-57-49(35-42)46-23-11-15-27-56(46)63(57)44-30-33-58-50(36-44)47-24-12-14-26-55(47)62(58)43-20-8-3-9-21-43/h1-6,8-18,20,22-37,43,50,58-60H,7,19,21,38H2/b52-37-,59-51?. The molecule has 2 aromatic heterocycles. The zero-order chi connectivity index (χ0) is 41.9. The number of anilines is 1. The summed E-state index contributed by atoms with van der Waals surface area (Å²) >= 11 is 0. The van der Waals surface area contributed by atoms with Gasteiger partial charge in [0.05, 0.1) is 46.5 Å². The van der Waals surface area contributed by atoms with Crippen LogP contribution in [0.4, 0.5) is 5.69 Å². The van der Waals surface area contributed by atoms with E-state index in [1.807, 2.05) is 36.4 Å². The second-order valence-corrected chi connectivity index (χ2v) is 17.1. The number of benzene rings is 6. The molecule has 12 rings (SSSR count). The van der Waals surface area contributed by atoms with Gasteiger partial charge in [-0.3, -0.25) is 0 Å². The summed E-state index contributed by atoms with van der Waals surface area (Å²) in [5.41, 5.74) is 14.8. The highest BCUT2D eigenvalue weighted by Gasteiger charge is 2.40. The second kappa shape index (κ2) is 15.4. The Bertz CT molecular complexity index is 3360. The van der Waals surface area contributed by atoms with Gasteiger partial charge in [-0.15, -0.1) is 0 Å². The molecule has 304 valence electrons. The highest BCUT2D eigenvalue weighted by molar-refractivity contribution is 6.13. The van der Waals surface area contributed by atoms with Crippen LogP contribution in [0.15, 0.2) is 218 Å². The fourth-order valence-electron chi connectivity index (χ4n) is 10.6. The molecule has 8 aromatic rings. The Morgan fingerprint density at radius 3 is 2.16 bits per heavy atom. The predicted octanol–water partition coefficient (Wildman–Crippen LogP) is 13.6. The number of aromatic nitrogens is 2. The van der Waals surface area contributed by atoms with E-state index in [0.29, 0.717) is 18.4 Å². The molecule has 4 aliphatic rings. The minimum atomic E-state index is 0.270. The van der Waals surface area contributed by atoms with E-state index in [9.17, 15) is 0 Å². The summed E-state index contributed by atoms with van der Waals surface area (Å²) in [4.78, 5) is 2.63. The first-order valence-electron chi connectivity index (χ1n) is 22.3. The Kier molecular flexibility index (Phi) is 9.07. The third-order valence-electron chi connectivity index (χ3n) is 13.6. The van der Waals surface area contributed by atoms with E-state index in [1.165, 1.54) is 77.3 Å². The van der Waals surface area contributed by atoms with Gasteiger partial charge < -0.3 is 24.8 Å². The molecule has 1 aliphatic heterocycles. The number of nitrogens with one attached hydrogen (secondary N) is 2. The molecule has 0 saturated carbocycles. The molecule has 3 heterocycles. The number of nitrogens with zero attached hydrogens (tertiary/aromatic N) is 3. The van der Waals surface area contributed by atoms with Crippen molar-refractivity contribution in [1.29, 1.82) is 5.41 Å². The quantitative estimate of drug-likeness (QED) is 0.143. The van der Waals surface area contributed by atoms with Crippen molar-refractivity contribution in [3.05, 3.63) is 229 Å². The van der Waals surface area contributed by atoms with Crippen LogP contribution in [-0.2, 0) is 6.67 Å². The number of hydrogen-bond donors (Lipinski definition) is 2. The van der Waals surface area contributed by atoms with Gasteiger partial charge in [-0.25, -0.2) is 0 Å². The fourth-order valence-corrected chi connectivity index (χ4v) is 10.6. The molecule has 3 aliphatic carbocycles. The van der Waals surface area contributed by atoms with Crippen LogP contribution in [0, 0.1) is 5.41 Å². The Labute approximate surface area is 367 Å². The van der Waals surface area contributed by atoms with Gasteiger partial charge in [-0.05, 0) is 102 Å². The first-order chi connectivity index (χ1) is 31.2. The SMILES string of the molecule is N=C(/C=C(\NCn1c2ccccc2c2cc(-c3ccc4c(c3)c3ccccc3n4C3=CC4c5ccccc5N(C5C=CC=CC5)C4C=C3)ccc21)C1=CC=CCC1)c1ccccc1. The summed E-state index contributed by atoms with van der Waals surface area (Å²) in [5.74, 6) is 0.270. The lowest BCUT2D eigenvalue weighted by Gasteiger charge is -2.35. The highest BCUT2D eigenvalue weighted by Crippen LogP contribution is 2.48. The number of allylic oxidation sites excluding steroid dienone is 9. The Hall–Kier alpha value is -7.63. The van der Waals surface area contributed by atoms with E-state index in [4.69, 9.17) is 5.41 Å². The average molecular weight is 814 g/mol. The smallest absolute Gasteiger partial charge is 0.0926 e. The molecule has 3 unspecified atom stereocenters. The minimum Gasteiger partial charge on any atom is -0.367 e. The van der Waals surface area contributed by atoms with Crippen molar-refractivity contribution in [2.24, 2.45) is 0 Å². The monoisotopic (exact) mass is 813 g/mol. The van der Waals surface area contributed by atoms with Gasteiger partial charge in [-0.2, -0.15) is 0 Å². The van der Waals surface area contributed by atoms with E-state index in [1.54, 1.807) is 0 Å². The molecule has 0 saturated heterocycles. The van der Waals surface area contributed by atoms with Crippen LogP contribution >= 0.6 is 0 Å². The van der Waals surface area contributed by atoms with E-state index in [2.05, 4.69) is 189 Å². The summed E-state index contributed by atoms with van der Waals surface area (Å²) in [6, 6.07) is 51.2. The van der Waals surface area contributed by atoms with Crippen LogP contribution in [0.3, 0.4) is 0 Å². The topological polar surface area (TPSA) is 49.0 Å². The van der Waals surface area contributed by atoms with Crippen molar-refractivity contribution in [3.63, 3.8) is 0 Å². The minimum absolute atomic E-state index is 0.270. The summed E-state index contributed by atoms with van der Waals surface area (Å²) in [5, 5.41) is 17.7. The number of hydrogen-bond acceptors (Lipinski definition) is 3. The van der Waals surface area contributed by atoms with Crippen LogP contribution in [0.1, 0.15) is 36.3 Å². The molecule has 63 heavy (non-hydrogen) atoms. The van der Waals surface area contributed by atoms with Crippen LogP contribution in [0.5, 0.6) is 0 Å². The molecule has 0 bridgehead atoms. The predicted molar refractivity (Wildman–Crippen MR) is 264 cm³/mol. The summed E-state index contributed by atoms with van der Waals surface area (Å²) in [7, 11) is 0. The third kappa shape index (κ3) is 6.34. The molecular formula is C58H47N5. The van der Waals surface area contributed by atoms with Crippen LogP contribution < -0.4 is 10.2 Å². The third-order valence-corrected chi connectivity index (χ3v) is 13.6. The average Bonchev–Trinajstić information content (AvgIpc) is 3.98. The molecule has 5 nitrogen and oxygen atoms in total. The van der Waals surface area contributed by atoms with E-state index < -0.39 is 0 Å². The Balaban J connectivity index is 0.904. The van der Waals surface area contributed by atoms with Gasteiger partial charge in [0, 0.05) is 44.5 Å². The lowest BCUT2D eigenvalue weighted by Crippen LogP contribution is -2.41. The van der Waals surface area contributed by atoms with Crippen molar-refractivity contribution >= 4 is 60.7 Å². The Morgan fingerprint density at radius 2 is 1.37 bits per heavy atom. The van der Waals surface area contributed by atoms with Crippen LogP contribution in [0.25, 0.3) is 60.4 Å². The zero-order valence-corrected chi connectivity index (χ0v) is 35.0. The number of fused-ring (bicyclic) bond motifs is 9. The molecule has 0 fully saturated rings. The van der Waals surface area contributed by atoms with Gasteiger partial charge >= 0.3 is 0 Å². The van der Waals surface area contributed by atoms with Gasteiger partial charge in [0.25, 0.3) is 0 Å². The molecule has 0 radical (unpaired) electrons. The van der Waals surface area contributed by atoms with Gasteiger partial charge in [0.15, 0.2) is 0 Å². The first-order valence-corrected chi connectivity index (χ1v) is 22.3. The second-order valence-electron chi connectivity index (χ2n) is 17.1. The summed E-state index contributed by atoms with van der Waals surface area (Å²) in [6.45, 7) is 0.578. The summed E-state index contributed by atoms with van der Waals surface area (Å²) < 4.78 is 4.86. The van der Waals surface area contributed by atoms with Gasteiger partial charge in [0.2, 0.25) is 0 Å². The maximum Gasteiger partial charge on any atom is 0.0926 e. The largest absolute Gasteiger partial charge is 0.367 e. The molecule has 0 spiro atoms. The fraction of sp³-hybridized carbons (Fsp3) is 0.121. The van der Waals surface area contributed by atoms with Gasteiger partial charge in [0.1, 0.15) is 0 Å². The van der Waals surface area contributed by atoms with E-state index >= 15 is 0 Å². The lowest BCUT2D eigenvalue weighted by atomic mass is 9.89. The molecule has 2 N–H and O–H groups in total. The zero-order valence-electron chi connectivity index (χ0n) is 35.0. The van der Waals surface area contributed by atoms with Crippen LogP contribution in [-0.4, -0.2) is 26.9 Å². The lowest BCUT2D eigenvalue weighted by molar-refractivity contribution is 0.613. The molecule has 6 aromatic carbocycles.